The third-order valence-corrected chi connectivity index (χ3v) is 9.52. The van der Waals surface area contributed by atoms with Gasteiger partial charge in [-0.1, -0.05) is 41.6 Å². The molecular weight excluding hydrogens is 666 g/mol. The lowest BCUT2D eigenvalue weighted by atomic mass is 9.97. The summed E-state index contributed by atoms with van der Waals surface area (Å²) in [5.74, 6) is -1.59. The molecular formula is C34H31F3N4O5S2. The van der Waals surface area contributed by atoms with Gasteiger partial charge in [0.25, 0.3) is 0 Å². The van der Waals surface area contributed by atoms with Crippen LogP contribution >= 0.6 is 22.7 Å². The Labute approximate surface area is 282 Å². The molecule has 2 amide bonds. The molecule has 4 heterocycles. The van der Waals surface area contributed by atoms with E-state index in [2.05, 4.69) is 21.9 Å². The number of halogens is 3. The van der Waals surface area contributed by atoms with Crippen molar-refractivity contribution in [3.8, 4) is 33.6 Å². The van der Waals surface area contributed by atoms with Gasteiger partial charge >= 0.3 is 12.1 Å². The van der Waals surface area contributed by atoms with Crippen LogP contribution in [0, 0.1) is 6.92 Å². The number of nitrogens with one attached hydrogen (secondary N) is 1. The number of benzene rings is 2. The Morgan fingerprint density at radius 3 is 2.31 bits per heavy atom. The molecule has 0 saturated carbocycles. The first kappa shape index (κ1) is 34.5. The number of aliphatic carboxylic acids is 1. The van der Waals surface area contributed by atoms with Crippen molar-refractivity contribution >= 4 is 46.1 Å². The molecule has 1 fully saturated rings. The van der Waals surface area contributed by atoms with Crippen LogP contribution in [0.25, 0.3) is 33.6 Å². The highest BCUT2D eigenvalue weighted by Gasteiger charge is 2.38. The van der Waals surface area contributed by atoms with Crippen molar-refractivity contribution in [3.63, 3.8) is 0 Å². The molecule has 2 aromatic carbocycles. The number of thiophene rings is 1. The number of amides is 2. The Kier molecular flexibility index (Phi) is 10.7. The van der Waals surface area contributed by atoms with Gasteiger partial charge in [0, 0.05) is 47.4 Å². The lowest BCUT2D eigenvalue weighted by Crippen LogP contribution is -2.38. The summed E-state index contributed by atoms with van der Waals surface area (Å²) in [6.45, 7) is 4.95. The Balaban J connectivity index is 0.000000582. The van der Waals surface area contributed by atoms with Crippen molar-refractivity contribution in [3.05, 3.63) is 87.1 Å². The SMILES string of the molecule is CC(=O)Nc1cccc(-c2cccc(-c3noc(C)c3-c3csc(C4CCN(C(=O)Cc5cccs5)CC4)n3)c2)c1.O=C(O)C(F)(F)F. The number of piperidine rings is 1. The van der Waals surface area contributed by atoms with Crippen LogP contribution in [0.15, 0.2) is 75.9 Å². The zero-order chi connectivity index (χ0) is 34.4. The van der Waals surface area contributed by atoms with Gasteiger partial charge in [-0.25, -0.2) is 9.78 Å². The topological polar surface area (TPSA) is 126 Å². The number of carboxylic acid groups (broad SMARTS) is 1. The van der Waals surface area contributed by atoms with E-state index in [1.54, 1.807) is 22.7 Å². The van der Waals surface area contributed by atoms with Gasteiger partial charge in [0.1, 0.15) is 11.5 Å². The van der Waals surface area contributed by atoms with Crippen molar-refractivity contribution < 1.29 is 37.2 Å². The lowest BCUT2D eigenvalue weighted by Gasteiger charge is -2.31. The van der Waals surface area contributed by atoms with Crippen LogP contribution in [-0.4, -0.2) is 57.2 Å². The number of anilines is 1. The Bertz CT molecular complexity index is 1890. The number of likely N-dealkylation sites (tertiary alicyclic amines) is 1. The summed E-state index contributed by atoms with van der Waals surface area (Å²) in [5, 5.41) is 19.6. The molecule has 1 saturated heterocycles. The van der Waals surface area contributed by atoms with Crippen LogP contribution in [0.4, 0.5) is 18.9 Å². The zero-order valence-corrected chi connectivity index (χ0v) is 27.5. The number of aryl methyl sites for hydroxylation is 1. The Morgan fingerprint density at radius 1 is 1.00 bits per heavy atom. The fourth-order valence-corrected chi connectivity index (χ4v) is 7.01. The average Bonchev–Trinajstić information content (AvgIpc) is 3.83. The minimum Gasteiger partial charge on any atom is -0.475 e. The van der Waals surface area contributed by atoms with Crippen LogP contribution in [-0.2, 0) is 20.8 Å². The molecule has 1 aliphatic heterocycles. The van der Waals surface area contributed by atoms with E-state index in [-0.39, 0.29) is 11.8 Å². The van der Waals surface area contributed by atoms with Gasteiger partial charge in [-0.15, -0.1) is 22.7 Å². The smallest absolute Gasteiger partial charge is 0.475 e. The van der Waals surface area contributed by atoms with E-state index in [1.165, 1.54) is 6.92 Å². The van der Waals surface area contributed by atoms with E-state index < -0.39 is 12.1 Å². The highest BCUT2D eigenvalue weighted by molar-refractivity contribution is 7.10. The highest BCUT2D eigenvalue weighted by atomic mass is 32.1. The number of carbonyl (C=O) groups is 3. The first-order chi connectivity index (χ1) is 22.9. The summed E-state index contributed by atoms with van der Waals surface area (Å²) in [5.41, 5.74) is 6.23. The van der Waals surface area contributed by atoms with Gasteiger partial charge in [-0.05, 0) is 60.5 Å². The van der Waals surface area contributed by atoms with Gasteiger partial charge in [-0.2, -0.15) is 13.2 Å². The molecule has 1 aliphatic rings. The molecule has 0 aliphatic carbocycles. The maximum atomic E-state index is 12.7. The maximum absolute atomic E-state index is 12.7. The summed E-state index contributed by atoms with van der Waals surface area (Å²) in [6, 6.07) is 20.0. The minimum absolute atomic E-state index is 0.102. The molecule has 2 N–H and O–H groups in total. The summed E-state index contributed by atoms with van der Waals surface area (Å²) in [4.78, 5) is 41.3. The fraction of sp³-hybridized carbons (Fsp3) is 0.265. The number of rotatable bonds is 7. The predicted molar refractivity (Wildman–Crippen MR) is 178 cm³/mol. The molecule has 0 bridgehead atoms. The number of thiazole rings is 1. The largest absolute Gasteiger partial charge is 0.490 e. The van der Waals surface area contributed by atoms with Crippen LogP contribution < -0.4 is 5.32 Å². The molecule has 0 spiro atoms. The highest BCUT2D eigenvalue weighted by Crippen LogP contribution is 2.39. The number of aromatic nitrogens is 2. The molecule has 0 radical (unpaired) electrons. The second-order valence-corrected chi connectivity index (χ2v) is 13.0. The van der Waals surface area contributed by atoms with Crippen molar-refractivity contribution in [2.75, 3.05) is 18.4 Å². The standard InChI is InChI=1S/C32H30N4O3S2.C2HF3O2/c1-20-30(28-19-41-32(34-28)22-11-13-36(14-12-22)29(38)18-27-10-5-15-40-27)31(35-39-20)25-8-3-6-23(16-25)24-7-4-9-26(17-24)33-21(2)37;3-2(4,5)1(6)7/h3-10,15-17,19,22H,11-14,18H2,1-2H3,(H,33,37);(H,6,7). The molecule has 3 aromatic heterocycles. The van der Waals surface area contributed by atoms with Crippen LogP contribution in [0.2, 0.25) is 0 Å². The number of alkyl halides is 3. The normalized spacial score (nSPS) is 13.5. The first-order valence-electron chi connectivity index (χ1n) is 14.9. The molecule has 0 unspecified atom stereocenters. The monoisotopic (exact) mass is 696 g/mol. The number of carboxylic acids is 1. The molecule has 0 atom stereocenters. The molecule has 48 heavy (non-hydrogen) atoms. The van der Waals surface area contributed by atoms with Crippen LogP contribution in [0.3, 0.4) is 0 Å². The quantitative estimate of drug-likeness (QED) is 0.176. The van der Waals surface area contributed by atoms with Gasteiger partial charge < -0.3 is 19.8 Å². The first-order valence-corrected chi connectivity index (χ1v) is 16.7. The third kappa shape index (κ3) is 8.55. The third-order valence-electron chi connectivity index (χ3n) is 7.64. The summed E-state index contributed by atoms with van der Waals surface area (Å²) < 4.78 is 37.4. The van der Waals surface area contributed by atoms with E-state index in [4.69, 9.17) is 19.4 Å². The lowest BCUT2D eigenvalue weighted by molar-refractivity contribution is -0.192. The van der Waals surface area contributed by atoms with Crippen molar-refractivity contribution in [1.29, 1.82) is 0 Å². The van der Waals surface area contributed by atoms with Crippen molar-refractivity contribution in [1.82, 2.24) is 15.0 Å². The molecule has 14 heteroatoms. The summed E-state index contributed by atoms with van der Waals surface area (Å²) >= 11 is 3.30. The van der Waals surface area contributed by atoms with Crippen molar-refractivity contribution in [2.24, 2.45) is 0 Å². The fourth-order valence-electron chi connectivity index (χ4n) is 5.34. The zero-order valence-electron chi connectivity index (χ0n) is 25.9. The maximum Gasteiger partial charge on any atom is 0.490 e. The number of nitrogens with zero attached hydrogens (tertiary/aromatic N) is 3. The number of hydrogen-bond acceptors (Lipinski definition) is 8. The van der Waals surface area contributed by atoms with Crippen LogP contribution in [0.5, 0.6) is 0 Å². The van der Waals surface area contributed by atoms with Gasteiger partial charge in [0.2, 0.25) is 11.8 Å². The van der Waals surface area contributed by atoms with Gasteiger partial charge in [-0.3, -0.25) is 9.59 Å². The Morgan fingerprint density at radius 2 is 1.67 bits per heavy atom. The van der Waals surface area contributed by atoms with E-state index >= 15 is 0 Å². The van der Waals surface area contributed by atoms with E-state index in [1.807, 2.05) is 71.8 Å². The second kappa shape index (κ2) is 14.9. The Hall–Kier alpha value is -4.82. The van der Waals surface area contributed by atoms with E-state index in [0.717, 1.165) is 80.9 Å². The van der Waals surface area contributed by atoms with E-state index in [0.29, 0.717) is 12.3 Å². The predicted octanol–water partition coefficient (Wildman–Crippen LogP) is 8.04. The van der Waals surface area contributed by atoms with Gasteiger partial charge in [0.15, 0.2) is 0 Å². The molecule has 250 valence electrons. The molecule has 5 aromatic rings. The minimum atomic E-state index is -5.08. The molecule has 6 rings (SSSR count). The van der Waals surface area contributed by atoms with Gasteiger partial charge in [0.05, 0.1) is 22.7 Å². The number of carbonyl (C=O) groups excluding carboxylic acids is 2. The van der Waals surface area contributed by atoms with Crippen LogP contribution in [0.1, 0.15) is 41.3 Å². The number of hydrogen-bond donors (Lipinski definition) is 2. The van der Waals surface area contributed by atoms with Crippen molar-refractivity contribution in [2.45, 2.75) is 45.2 Å². The average molecular weight is 697 g/mol. The summed E-state index contributed by atoms with van der Waals surface area (Å²) in [6.07, 6.45) is -2.77. The second-order valence-electron chi connectivity index (χ2n) is 11.1. The van der Waals surface area contributed by atoms with E-state index in [9.17, 15) is 22.8 Å². The summed E-state index contributed by atoms with van der Waals surface area (Å²) in [7, 11) is 0. The molecule has 9 nitrogen and oxygen atoms in total.